The minimum Gasteiger partial charge on any atom is -0.485 e. The van der Waals surface area contributed by atoms with Crippen LogP contribution in [0.25, 0.3) is 0 Å². The van der Waals surface area contributed by atoms with Crippen molar-refractivity contribution in [2.75, 3.05) is 6.61 Å². The molecule has 154 valence electrons. The van der Waals surface area contributed by atoms with Crippen LogP contribution in [-0.2, 0) is 27.5 Å². The van der Waals surface area contributed by atoms with Crippen molar-refractivity contribution < 1.29 is 23.8 Å². The Morgan fingerprint density at radius 1 is 0.833 bits per heavy atom. The van der Waals surface area contributed by atoms with E-state index in [0.717, 1.165) is 11.1 Å². The van der Waals surface area contributed by atoms with Crippen LogP contribution in [0.3, 0.4) is 0 Å². The van der Waals surface area contributed by atoms with Crippen LogP contribution in [-0.4, -0.2) is 18.9 Å². The Hall–Kier alpha value is -3.60. The van der Waals surface area contributed by atoms with E-state index >= 15 is 0 Å². The third-order valence-electron chi connectivity index (χ3n) is 4.48. The van der Waals surface area contributed by atoms with Gasteiger partial charge in [0, 0.05) is 0 Å². The zero-order chi connectivity index (χ0) is 21.2. The number of rotatable bonds is 10. The number of esters is 1. The first kappa shape index (κ1) is 21.1. The fourth-order valence-corrected chi connectivity index (χ4v) is 2.92. The van der Waals surface area contributed by atoms with Gasteiger partial charge in [0.1, 0.15) is 25.4 Å². The predicted molar refractivity (Wildman–Crippen MR) is 113 cm³/mol. The van der Waals surface area contributed by atoms with Gasteiger partial charge in [0.25, 0.3) is 0 Å². The summed E-state index contributed by atoms with van der Waals surface area (Å²) in [6.07, 6.45) is 0.582. The van der Waals surface area contributed by atoms with Crippen LogP contribution in [0.4, 0.5) is 0 Å². The molecule has 0 amide bonds. The Balaban J connectivity index is 1.84. The van der Waals surface area contributed by atoms with E-state index in [-0.39, 0.29) is 6.61 Å². The molecule has 5 nitrogen and oxygen atoms in total. The van der Waals surface area contributed by atoms with E-state index in [1.807, 2.05) is 60.7 Å². The summed E-state index contributed by atoms with van der Waals surface area (Å²) in [7, 11) is 0. The van der Waals surface area contributed by atoms with Crippen LogP contribution in [0.2, 0.25) is 0 Å². The molecule has 1 atom stereocenters. The maximum absolute atomic E-state index is 12.1. The van der Waals surface area contributed by atoms with Crippen LogP contribution in [0.5, 0.6) is 11.5 Å². The van der Waals surface area contributed by atoms with Crippen LogP contribution in [0.15, 0.2) is 78.9 Å². The van der Waals surface area contributed by atoms with Gasteiger partial charge in [0.2, 0.25) is 0 Å². The molecule has 0 aliphatic carbocycles. The number of hydrogen-bond donors (Lipinski definition) is 0. The maximum atomic E-state index is 12.1. The van der Waals surface area contributed by atoms with Gasteiger partial charge >= 0.3 is 5.97 Å². The van der Waals surface area contributed by atoms with Gasteiger partial charge in [0.05, 0.1) is 6.61 Å². The molecule has 0 N–H and O–H groups in total. The number of aldehydes is 1. The maximum Gasteiger partial charge on any atom is 0.320 e. The Labute approximate surface area is 176 Å². The number of hydrogen-bond acceptors (Lipinski definition) is 5. The molecule has 0 aliphatic heterocycles. The summed E-state index contributed by atoms with van der Waals surface area (Å²) < 4.78 is 17.0. The average Bonchev–Trinajstić information content (AvgIpc) is 2.79. The van der Waals surface area contributed by atoms with Gasteiger partial charge in [-0.3, -0.25) is 4.79 Å². The Kier molecular flexibility index (Phi) is 7.61. The van der Waals surface area contributed by atoms with E-state index in [4.69, 9.17) is 14.2 Å². The standard InChI is InChI=1S/C25H24O5/c1-2-28-25(27)22(16-26)21-13-14-23(29-17-19-9-5-3-6-10-19)24(15-21)30-18-20-11-7-4-8-12-20/h3-16,22H,2,17-18H2,1H3. The summed E-state index contributed by atoms with van der Waals surface area (Å²) in [6, 6.07) is 24.6. The van der Waals surface area contributed by atoms with E-state index in [0.29, 0.717) is 36.6 Å². The van der Waals surface area contributed by atoms with Gasteiger partial charge in [0.15, 0.2) is 11.5 Å². The first-order valence-electron chi connectivity index (χ1n) is 9.80. The molecule has 0 bridgehead atoms. The van der Waals surface area contributed by atoms with E-state index in [2.05, 4.69) is 0 Å². The molecular weight excluding hydrogens is 380 g/mol. The summed E-state index contributed by atoms with van der Waals surface area (Å²) in [5.74, 6) is -0.595. The van der Waals surface area contributed by atoms with Gasteiger partial charge < -0.3 is 19.0 Å². The largest absolute Gasteiger partial charge is 0.485 e. The highest BCUT2D eigenvalue weighted by molar-refractivity contribution is 5.94. The minimum absolute atomic E-state index is 0.207. The molecule has 0 saturated carbocycles. The summed E-state index contributed by atoms with van der Waals surface area (Å²) in [6.45, 7) is 2.61. The molecule has 1 unspecified atom stereocenters. The van der Waals surface area contributed by atoms with Crippen molar-refractivity contribution >= 4 is 12.3 Å². The summed E-state index contributed by atoms with van der Waals surface area (Å²) in [4.78, 5) is 23.7. The lowest BCUT2D eigenvalue weighted by molar-refractivity contribution is -0.146. The van der Waals surface area contributed by atoms with Gasteiger partial charge in [-0.1, -0.05) is 66.7 Å². The van der Waals surface area contributed by atoms with Crippen molar-refractivity contribution in [3.8, 4) is 11.5 Å². The highest BCUT2D eigenvalue weighted by Crippen LogP contribution is 2.32. The Morgan fingerprint density at radius 2 is 1.40 bits per heavy atom. The van der Waals surface area contributed by atoms with Crippen molar-refractivity contribution in [3.05, 3.63) is 95.6 Å². The van der Waals surface area contributed by atoms with Gasteiger partial charge in [-0.2, -0.15) is 0 Å². The molecule has 0 aliphatic rings. The normalized spacial score (nSPS) is 11.4. The molecule has 0 saturated heterocycles. The van der Waals surface area contributed by atoms with Gasteiger partial charge in [-0.25, -0.2) is 0 Å². The van der Waals surface area contributed by atoms with E-state index in [1.165, 1.54) is 0 Å². The molecular formula is C25H24O5. The monoisotopic (exact) mass is 404 g/mol. The third kappa shape index (κ3) is 5.70. The fraction of sp³-hybridized carbons (Fsp3) is 0.200. The average molecular weight is 404 g/mol. The van der Waals surface area contributed by atoms with Crippen LogP contribution in [0.1, 0.15) is 29.5 Å². The Bertz CT molecular complexity index is 954. The zero-order valence-corrected chi connectivity index (χ0v) is 16.8. The molecule has 0 aromatic heterocycles. The lowest BCUT2D eigenvalue weighted by Crippen LogP contribution is -2.17. The molecule has 3 rings (SSSR count). The highest BCUT2D eigenvalue weighted by atomic mass is 16.5. The van der Waals surface area contributed by atoms with Crippen molar-refractivity contribution in [1.29, 1.82) is 0 Å². The van der Waals surface area contributed by atoms with Crippen LogP contribution < -0.4 is 9.47 Å². The van der Waals surface area contributed by atoms with E-state index in [1.54, 1.807) is 25.1 Å². The lowest BCUT2D eigenvalue weighted by atomic mass is 10.0. The minimum atomic E-state index is -1.01. The first-order chi connectivity index (χ1) is 14.7. The molecule has 3 aromatic rings. The van der Waals surface area contributed by atoms with Gasteiger partial charge in [-0.15, -0.1) is 0 Å². The fourth-order valence-electron chi connectivity index (χ4n) is 2.92. The smallest absolute Gasteiger partial charge is 0.320 e. The summed E-state index contributed by atoms with van der Waals surface area (Å²) in [5.41, 5.74) is 2.51. The van der Waals surface area contributed by atoms with Crippen molar-refractivity contribution in [3.63, 3.8) is 0 Å². The second-order valence-corrected chi connectivity index (χ2v) is 6.62. The molecule has 0 spiro atoms. The Morgan fingerprint density at radius 3 is 1.93 bits per heavy atom. The topological polar surface area (TPSA) is 61.8 Å². The molecule has 30 heavy (non-hydrogen) atoms. The van der Waals surface area contributed by atoms with Crippen molar-refractivity contribution in [2.45, 2.75) is 26.1 Å². The second kappa shape index (κ2) is 10.8. The first-order valence-corrected chi connectivity index (χ1v) is 9.80. The van der Waals surface area contributed by atoms with Crippen LogP contribution in [0, 0.1) is 0 Å². The quantitative estimate of drug-likeness (QED) is 0.279. The van der Waals surface area contributed by atoms with E-state index < -0.39 is 11.9 Å². The SMILES string of the molecule is CCOC(=O)C(C=O)c1ccc(OCc2ccccc2)c(OCc2ccccc2)c1. The van der Waals surface area contributed by atoms with Gasteiger partial charge in [-0.05, 0) is 35.7 Å². The number of ether oxygens (including phenoxy) is 3. The van der Waals surface area contributed by atoms with Crippen molar-refractivity contribution in [2.24, 2.45) is 0 Å². The van der Waals surface area contributed by atoms with Crippen molar-refractivity contribution in [1.82, 2.24) is 0 Å². The molecule has 0 radical (unpaired) electrons. The molecule has 0 heterocycles. The third-order valence-corrected chi connectivity index (χ3v) is 4.48. The highest BCUT2D eigenvalue weighted by Gasteiger charge is 2.23. The number of carbonyl (C=O) groups is 2. The molecule has 3 aromatic carbocycles. The number of carbonyl (C=O) groups excluding carboxylic acids is 2. The lowest BCUT2D eigenvalue weighted by Gasteiger charge is -2.16. The summed E-state index contributed by atoms with van der Waals surface area (Å²) in [5, 5.41) is 0. The van der Waals surface area contributed by atoms with E-state index in [9.17, 15) is 9.59 Å². The predicted octanol–water partition coefficient (Wildman–Crippen LogP) is 4.69. The molecule has 5 heteroatoms. The summed E-state index contributed by atoms with van der Waals surface area (Å²) >= 11 is 0. The number of benzene rings is 3. The zero-order valence-electron chi connectivity index (χ0n) is 16.8. The molecule has 0 fully saturated rings. The second-order valence-electron chi connectivity index (χ2n) is 6.62. The van der Waals surface area contributed by atoms with Crippen LogP contribution >= 0.6 is 0 Å².